The summed E-state index contributed by atoms with van der Waals surface area (Å²) in [7, 11) is 1.66. The first-order valence-electron chi connectivity index (χ1n) is 4.66. The largest absolute Gasteiger partial charge is 0.382 e. The van der Waals surface area contributed by atoms with Gasteiger partial charge in [-0.05, 0) is 5.56 Å². The van der Waals surface area contributed by atoms with Crippen LogP contribution in [0.15, 0.2) is 43.0 Å². The van der Waals surface area contributed by atoms with Crippen LogP contribution in [0.4, 0.5) is 0 Å². The number of rotatable bonds is 6. The van der Waals surface area contributed by atoms with Crippen LogP contribution in [-0.4, -0.2) is 20.3 Å². The molecule has 0 aliphatic rings. The molecule has 2 heteroatoms. The molecule has 2 nitrogen and oxygen atoms in total. The first kappa shape index (κ1) is 11.0. The second-order valence-electron chi connectivity index (χ2n) is 2.93. The summed E-state index contributed by atoms with van der Waals surface area (Å²) in [6.07, 6.45) is 1.76. The molecule has 0 amide bonds. The lowest BCUT2D eigenvalue weighted by atomic mass is 10.1. The molecule has 0 saturated heterocycles. The molecule has 0 saturated carbocycles. The lowest BCUT2D eigenvalue weighted by Gasteiger charge is -2.13. The molecule has 1 aromatic rings. The van der Waals surface area contributed by atoms with Gasteiger partial charge in [-0.25, -0.2) is 0 Å². The van der Waals surface area contributed by atoms with Gasteiger partial charge in [-0.15, -0.1) is 6.58 Å². The van der Waals surface area contributed by atoms with E-state index in [1.807, 2.05) is 30.3 Å². The van der Waals surface area contributed by atoms with Crippen molar-refractivity contribution in [3.8, 4) is 0 Å². The van der Waals surface area contributed by atoms with Crippen LogP contribution < -0.4 is 0 Å². The molecule has 0 fully saturated rings. The average molecular weight is 192 g/mol. The molecule has 0 N–H and O–H groups in total. The van der Waals surface area contributed by atoms with Crippen LogP contribution in [-0.2, 0) is 9.47 Å². The maximum Gasteiger partial charge on any atom is 0.100 e. The predicted molar refractivity (Wildman–Crippen MR) is 57.2 cm³/mol. The Bertz CT molecular complexity index is 256. The van der Waals surface area contributed by atoms with E-state index in [0.29, 0.717) is 13.2 Å². The highest BCUT2D eigenvalue weighted by Gasteiger charge is 2.05. The summed E-state index contributed by atoms with van der Waals surface area (Å²) >= 11 is 0. The second kappa shape index (κ2) is 6.35. The third kappa shape index (κ3) is 3.32. The standard InChI is InChI=1S/C12H16O2/c1-3-12(14-10-9-13-2)11-7-5-4-6-8-11/h3-8,12H,1,9-10H2,2H3/t12-/m1/s1. The zero-order valence-corrected chi connectivity index (χ0v) is 8.48. The Hall–Kier alpha value is -1.12. The van der Waals surface area contributed by atoms with Gasteiger partial charge in [0, 0.05) is 7.11 Å². The van der Waals surface area contributed by atoms with Crippen molar-refractivity contribution in [3.05, 3.63) is 48.6 Å². The molecule has 0 aliphatic heterocycles. The highest BCUT2D eigenvalue weighted by molar-refractivity contribution is 5.20. The van der Waals surface area contributed by atoms with Gasteiger partial charge in [0.05, 0.1) is 13.2 Å². The molecule has 0 radical (unpaired) electrons. The topological polar surface area (TPSA) is 18.5 Å². The average Bonchev–Trinajstić information content (AvgIpc) is 2.26. The Morgan fingerprint density at radius 2 is 2.00 bits per heavy atom. The fourth-order valence-corrected chi connectivity index (χ4v) is 1.20. The minimum Gasteiger partial charge on any atom is -0.382 e. The number of ether oxygens (including phenoxy) is 2. The molecule has 14 heavy (non-hydrogen) atoms. The molecular formula is C12H16O2. The van der Waals surface area contributed by atoms with Crippen molar-refractivity contribution in [2.75, 3.05) is 20.3 Å². The SMILES string of the molecule is C=C[C@@H](OCCOC)c1ccccc1. The van der Waals surface area contributed by atoms with Gasteiger partial charge >= 0.3 is 0 Å². The minimum absolute atomic E-state index is 0.0358. The van der Waals surface area contributed by atoms with Crippen LogP contribution >= 0.6 is 0 Å². The molecule has 1 rings (SSSR count). The van der Waals surface area contributed by atoms with Crippen LogP contribution in [0.1, 0.15) is 11.7 Å². The van der Waals surface area contributed by atoms with Crippen molar-refractivity contribution in [1.82, 2.24) is 0 Å². The Kier molecular flexibility index (Phi) is 4.97. The van der Waals surface area contributed by atoms with E-state index in [9.17, 15) is 0 Å². The van der Waals surface area contributed by atoms with Crippen LogP contribution in [0.2, 0.25) is 0 Å². The first-order chi connectivity index (χ1) is 6.88. The molecule has 0 aromatic heterocycles. The number of hydrogen-bond donors (Lipinski definition) is 0. The van der Waals surface area contributed by atoms with Gasteiger partial charge in [0.15, 0.2) is 0 Å². The quantitative estimate of drug-likeness (QED) is 0.509. The van der Waals surface area contributed by atoms with Crippen molar-refractivity contribution >= 4 is 0 Å². The van der Waals surface area contributed by atoms with Crippen molar-refractivity contribution in [2.45, 2.75) is 6.10 Å². The molecule has 0 spiro atoms. The van der Waals surface area contributed by atoms with Crippen LogP contribution in [0.3, 0.4) is 0 Å². The van der Waals surface area contributed by atoms with Crippen molar-refractivity contribution < 1.29 is 9.47 Å². The zero-order valence-electron chi connectivity index (χ0n) is 8.48. The molecule has 1 atom stereocenters. The molecule has 0 aliphatic carbocycles. The summed E-state index contributed by atoms with van der Waals surface area (Å²) in [6, 6.07) is 10.0. The van der Waals surface area contributed by atoms with E-state index >= 15 is 0 Å². The molecule has 0 heterocycles. The zero-order chi connectivity index (χ0) is 10.2. The lowest BCUT2D eigenvalue weighted by Crippen LogP contribution is -2.06. The van der Waals surface area contributed by atoms with Gasteiger partial charge in [0.1, 0.15) is 6.10 Å². The van der Waals surface area contributed by atoms with Crippen molar-refractivity contribution in [1.29, 1.82) is 0 Å². The lowest BCUT2D eigenvalue weighted by molar-refractivity contribution is 0.0392. The molecule has 0 bridgehead atoms. The third-order valence-corrected chi connectivity index (χ3v) is 1.93. The van der Waals surface area contributed by atoms with Crippen LogP contribution in [0.5, 0.6) is 0 Å². The summed E-state index contributed by atoms with van der Waals surface area (Å²) in [5, 5.41) is 0. The number of benzene rings is 1. The van der Waals surface area contributed by atoms with E-state index in [4.69, 9.17) is 9.47 Å². The number of hydrogen-bond acceptors (Lipinski definition) is 2. The third-order valence-electron chi connectivity index (χ3n) is 1.93. The molecule has 0 unspecified atom stereocenters. The second-order valence-corrected chi connectivity index (χ2v) is 2.93. The van der Waals surface area contributed by atoms with E-state index in [2.05, 4.69) is 6.58 Å². The fraction of sp³-hybridized carbons (Fsp3) is 0.333. The minimum atomic E-state index is -0.0358. The van der Waals surface area contributed by atoms with Gasteiger partial charge in [-0.3, -0.25) is 0 Å². The van der Waals surface area contributed by atoms with E-state index in [1.165, 1.54) is 0 Å². The summed E-state index contributed by atoms with van der Waals surface area (Å²) in [6.45, 7) is 4.94. The Morgan fingerprint density at radius 1 is 1.29 bits per heavy atom. The molecular weight excluding hydrogens is 176 g/mol. The first-order valence-corrected chi connectivity index (χ1v) is 4.66. The normalized spacial score (nSPS) is 12.4. The summed E-state index contributed by atoms with van der Waals surface area (Å²) < 4.78 is 10.5. The van der Waals surface area contributed by atoms with E-state index < -0.39 is 0 Å². The maximum atomic E-state index is 5.57. The predicted octanol–water partition coefficient (Wildman–Crippen LogP) is 2.58. The van der Waals surface area contributed by atoms with Gasteiger partial charge in [0.2, 0.25) is 0 Å². The molecule has 76 valence electrons. The monoisotopic (exact) mass is 192 g/mol. The molecule has 1 aromatic carbocycles. The summed E-state index contributed by atoms with van der Waals surface area (Å²) in [4.78, 5) is 0. The van der Waals surface area contributed by atoms with Gasteiger partial charge in [-0.1, -0.05) is 36.4 Å². The summed E-state index contributed by atoms with van der Waals surface area (Å²) in [5.41, 5.74) is 1.12. The van der Waals surface area contributed by atoms with E-state index in [0.717, 1.165) is 5.56 Å². The number of methoxy groups -OCH3 is 1. The van der Waals surface area contributed by atoms with Crippen LogP contribution in [0, 0.1) is 0 Å². The summed E-state index contributed by atoms with van der Waals surface area (Å²) in [5.74, 6) is 0. The smallest absolute Gasteiger partial charge is 0.100 e. The van der Waals surface area contributed by atoms with Gasteiger partial charge in [-0.2, -0.15) is 0 Å². The van der Waals surface area contributed by atoms with Gasteiger partial charge < -0.3 is 9.47 Å². The van der Waals surface area contributed by atoms with Crippen molar-refractivity contribution in [2.24, 2.45) is 0 Å². The Balaban J connectivity index is 2.50. The fourth-order valence-electron chi connectivity index (χ4n) is 1.20. The maximum absolute atomic E-state index is 5.57. The van der Waals surface area contributed by atoms with Gasteiger partial charge in [0.25, 0.3) is 0 Å². The highest BCUT2D eigenvalue weighted by atomic mass is 16.5. The Labute approximate surface area is 85.2 Å². The highest BCUT2D eigenvalue weighted by Crippen LogP contribution is 2.17. The Morgan fingerprint density at radius 3 is 2.57 bits per heavy atom. The van der Waals surface area contributed by atoms with Crippen LogP contribution in [0.25, 0.3) is 0 Å². The van der Waals surface area contributed by atoms with Crippen molar-refractivity contribution in [3.63, 3.8) is 0 Å². The van der Waals surface area contributed by atoms with E-state index in [-0.39, 0.29) is 6.10 Å². The van der Waals surface area contributed by atoms with E-state index in [1.54, 1.807) is 13.2 Å².